The van der Waals surface area contributed by atoms with Gasteiger partial charge in [0.2, 0.25) is 0 Å². The van der Waals surface area contributed by atoms with Gasteiger partial charge in [0.15, 0.2) is 0 Å². The lowest BCUT2D eigenvalue weighted by Crippen LogP contribution is -2.39. The number of unbranched alkanes of at least 4 members (excludes halogenated alkanes) is 1. The number of halogens is 1. The molecular formula is C9H13IN2O2. The van der Waals surface area contributed by atoms with Crippen LogP contribution < -0.4 is 11.2 Å². The molecule has 1 aromatic heterocycles. The molecule has 0 amide bonds. The standard InChI is InChI=1S/C9H13IN2O2/c1-3-4-5-12-8(13)7(10)6-11(2)9(12)14/h6H,3-5H2,1-2H3. The van der Waals surface area contributed by atoms with E-state index in [1.54, 1.807) is 13.2 Å². The minimum atomic E-state index is -0.233. The lowest BCUT2D eigenvalue weighted by atomic mass is 10.3. The van der Waals surface area contributed by atoms with Gasteiger partial charge in [0, 0.05) is 19.8 Å². The van der Waals surface area contributed by atoms with Crippen molar-refractivity contribution in [2.45, 2.75) is 26.3 Å². The maximum Gasteiger partial charge on any atom is 0.330 e. The number of hydrogen-bond acceptors (Lipinski definition) is 2. The fraction of sp³-hybridized carbons (Fsp3) is 0.556. The maximum absolute atomic E-state index is 11.6. The van der Waals surface area contributed by atoms with Crippen LogP contribution in [0.5, 0.6) is 0 Å². The number of nitrogens with zero attached hydrogens (tertiary/aromatic N) is 2. The topological polar surface area (TPSA) is 44.0 Å². The van der Waals surface area contributed by atoms with E-state index in [0.29, 0.717) is 10.1 Å². The van der Waals surface area contributed by atoms with Gasteiger partial charge in [-0.15, -0.1) is 0 Å². The second-order valence-corrected chi connectivity index (χ2v) is 4.34. The predicted octanol–water partition coefficient (Wildman–Crippen LogP) is 0.952. The van der Waals surface area contributed by atoms with E-state index in [2.05, 4.69) is 0 Å². The van der Waals surface area contributed by atoms with Gasteiger partial charge in [0.25, 0.3) is 5.56 Å². The summed E-state index contributed by atoms with van der Waals surface area (Å²) < 4.78 is 3.32. The highest BCUT2D eigenvalue weighted by Crippen LogP contribution is 1.94. The Morgan fingerprint density at radius 3 is 2.64 bits per heavy atom. The van der Waals surface area contributed by atoms with Crippen LogP contribution in [0.15, 0.2) is 15.8 Å². The molecule has 0 aliphatic carbocycles. The van der Waals surface area contributed by atoms with Gasteiger partial charge in [0.05, 0.1) is 3.57 Å². The van der Waals surface area contributed by atoms with Crippen molar-refractivity contribution in [2.24, 2.45) is 7.05 Å². The molecule has 4 nitrogen and oxygen atoms in total. The minimum absolute atomic E-state index is 0.179. The summed E-state index contributed by atoms with van der Waals surface area (Å²) in [7, 11) is 1.66. The van der Waals surface area contributed by atoms with E-state index in [1.807, 2.05) is 29.5 Å². The van der Waals surface area contributed by atoms with Crippen molar-refractivity contribution >= 4 is 22.6 Å². The first-order valence-corrected chi connectivity index (χ1v) is 5.61. The van der Waals surface area contributed by atoms with Crippen molar-refractivity contribution in [3.05, 3.63) is 30.6 Å². The quantitative estimate of drug-likeness (QED) is 0.781. The minimum Gasteiger partial charge on any atom is -0.302 e. The molecule has 78 valence electrons. The molecule has 0 spiro atoms. The normalized spacial score (nSPS) is 10.5. The van der Waals surface area contributed by atoms with Crippen LogP contribution in [0, 0.1) is 3.57 Å². The zero-order valence-corrected chi connectivity index (χ0v) is 10.4. The Kier molecular flexibility index (Phi) is 3.91. The molecule has 0 saturated carbocycles. The Bertz CT molecular complexity index is 399. The molecule has 0 fully saturated rings. The largest absolute Gasteiger partial charge is 0.330 e. The van der Waals surface area contributed by atoms with Crippen molar-refractivity contribution in [2.75, 3.05) is 0 Å². The van der Waals surface area contributed by atoms with Crippen LogP contribution in [-0.2, 0) is 13.6 Å². The molecule has 14 heavy (non-hydrogen) atoms. The lowest BCUT2D eigenvalue weighted by Gasteiger charge is -2.06. The number of aryl methyl sites for hydroxylation is 1. The Morgan fingerprint density at radius 1 is 1.43 bits per heavy atom. The van der Waals surface area contributed by atoms with Crippen LogP contribution in [-0.4, -0.2) is 9.13 Å². The molecule has 0 saturated heterocycles. The molecule has 5 heteroatoms. The fourth-order valence-corrected chi connectivity index (χ4v) is 1.91. The van der Waals surface area contributed by atoms with E-state index in [9.17, 15) is 9.59 Å². The zero-order chi connectivity index (χ0) is 10.7. The lowest BCUT2D eigenvalue weighted by molar-refractivity contribution is 0.554. The van der Waals surface area contributed by atoms with Gasteiger partial charge in [-0.1, -0.05) is 13.3 Å². The number of hydrogen-bond donors (Lipinski definition) is 0. The van der Waals surface area contributed by atoms with Crippen LogP contribution >= 0.6 is 22.6 Å². The van der Waals surface area contributed by atoms with Crippen LogP contribution in [0.1, 0.15) is 19.8 Å². The third-order valence-electron chi connectivity index (χ3n) is 2.02. The summed E-state index contributed by atoms with van der Waals surface area (Å²) in [5, 5.41) is 0. The van der Waals surface area contributed by atoms with Crippen LogP contribution in [0.2, 0.25) is 0 Å². The first kappa shape index (κ1) is 11.5. The van der Waals surface area contributed by atoms with Gasteiger partial charge >= 0.3 is 5.69 Å². The van der Waals surface area contributed by atoms with Crippen LogP contribution in [0.3, 0.4) is 0 Å². The van der Waals surface area contributed by atoms with E-state index in [0.717, 1.165) is 12.8 Å². The van der Waals surface area contributed by atoms with Gasteiger partial charge in [0.1, 0.15) is 0 Å². The first-order valence-electron chi connectivity index (χ1n) is 4.54. The molecule has 0 bridgehead atoms. The van der Waals surface area contributed by atoms with Gasteiger partial charge < -0.3 is 4.57 Å². The van der Waals surface area contributed by atoms with Crippen molar-refractivity contribution < 1.29 is 0 Å². The summed E-state index contributed by atoms with van der Waals surface area (Å²) in [4.78, 5) is 23.2. The molecule has 1 rings (SSSR count). The third kappa shape index (κ3) is 2.26. The summed E-state index contributed by atoms with van der Waals surface area (Å²) in [6.45, 7) is 2.54. The molecule has 0 atom stereocenters. The van der Waals surface area contributed by atoms with E-state index in [4.69, 9.17) is 0 Å². The van der Waals surface area contributed by atoms with Gasteiger partial charge in [-0.05, 0) is 29.0 Å². The average molecular weight is 308 g/mol. The Hall–Kier alpha value is -0.590. The van der Waals surface area contributed by atoms with Crippen molar-refractivity contribution in [1.82, 2.24) is 9.13 Å². The number of aromatic nitrogens is 2. The van der Waals surface area contributed by atoms with Crippen LogP contribution in [0.4, 0.5) is 0 Å². The van der Waals surface area contributed by atoms with Gasteiger partial charge in [-0.25, -0.2) is 4.79 Å². The smallest absolute Gasteiger partial charge is 0.302 e. The molecule has 0 radical (unpaired) electrons. The van der Waals surface area contributed by atoms with E-state index < -0.39 is 0 Å². The second-order valence-electron chi connectivity index (χ2n) is 3.18. The summed E-state index contributed by atoms with van der Waals surface area (Å²) >= 11 is 1.95. The molecule has 0 N–H and O–H groups in total. The highest BCUT2D eigenvalue weighted by Gasteiger charge is 2.06. The Balaban J connectivity index is 3.26. The zero-order valence-electron chi connectivity index (χ0n) is 8.29. The molecule has 1 aromatic rings. The highest BCUT2D eigenvalue weighted by atomic mass is 127. The van der Waals surface area contributed by atoms with Crippen LogP contribution in [0.25, 0.3) is 0 Å². The molecule has 0 aliphatic heterocycles. The molecule has 0 unspecified atom stereocenters. The SMILES string of the molecule is CCCCn1c(=O)c(I)cn(C)c1=O. The van der Waals surface area contributed by atoms with Crippen molar-refractivity contribution in [3.8, 4) is 0 Å². The van der Waals surface area contributed by atoms with E-state index in [1.165, 1.54) is 9.13 Å². The fourth-order valence-electron chi connectivity index (χ4n) is 1.20. The Morgan fingerprint density at radius 2 is 2.07 bits per heavy atom. The van der Waals surface area contributed by atoms with Crippen molar-refractivity contribution in [1.29, 1.82) is 0 Å². The summed E-state index contributed by atoms with van der Waals surface area (Å²) in [6.07, 6.45) is 3.39. The van der Waals surface area contributed by atoms with Gasteiger partial charge in [-0.3, -0.25) is 9.36 Å². The molecule has 0 aromatic carbocycles. The molecule has 1 heterocycles. The second kappa shape index (κ2) is 4.77. The maximum atomic E-state index is 11.6. The third-order valence-corrected chi connectivity index (χ3v) is 2.76. The van der Waals surface area contributed by atoms with Crippen molar-refractivity contribution in [3.63, 3.8) is 0 Å². The predicted molar refractivity (Wildman–Crippen MR) is 63.6 cm³/mol. The monoisotopic (exact) mass is 308 g/mol. The average Bonchev–Trinajstić information content (AvgIpc) is 2.15. The summed E-state index contributed by atoms with van der Waals surface area (Å²) in [5.41, 5.74) is -0.411. The highest BCUT2D eigenvalue weighted by molar-refractivity contribution is 14.1. The molecule has 0 aliphatic rings. The summed E-state index contributed by atoms with van der Waals surface area (Å²) in [5.74, 6) is 0. The van der Waals surface area contributed by atoms with E-state index in [-0.39, 0.29) is 11.2 Å². The summed E-state index contributed by atoms with van der Waals surface area (Å²) in [6, 6.07) is 0. The first-order chi connectivity index (χ1) is 6.57. The van der Waals surface area contributed by atoms with Gasteiger partial charge in [-0.2, -0.15) is 0 Å². The Labute approximate surface area is 95.7 Å². The van der Waals surface area contributed by atoms with E-state index >= 15 is 0 Å². The number of rotatable bonds is 3. The molecular weight excluding hydrogens is 295 g/mol.